The van der Waals surface area contributed by atoms with Crippen LogP contribution in [0.1, 0.15) is 5.56 Å². The maximum Gasteiger partial charge on any atom is 0.250 e. The summed E-state index contributed by atoms with van der Waals surface area (Å²) in [5.41, 5.74) is 4.19. The van der Waals surface area contributed by atoms with E-state index < -0.39 is 0 Å². The Bertz CT molecular complexity index is 1030. The third-order valence-corrected chi connectivity index (χ3v) is 3.93. The van der Waals surface area contributed by atoms with Crippen LogP contribution in [0.3, 0.4) is 0 Å². The van der Waals surface area contributed by atoms with Gasteiger partial charge < -0.3 is 19.7 Å². The molecule has 0 unspecified atom stereocenters. The van der Waals surface area contributed by atoms with Crippen LogP contribution in [0.25, 0.3) is 0 Å². The molecule has 0 aliphatic heterocycles. The normalized spacial score (nSPS) is 10.7. The Morgan fingerprint density at radius 3 is 2.37 bits per heavy atom. The molecule has 9 nitrogen and oxygen atoms in total. The van der Waals surface area contributed by atoms with Crippen molar-refractivity contribution in [3.05, 3.63) is 53.8 Å². The predicted molar refractivity (Wildman–Crippen MR) is 115 cm³/mol. The van der Waals surface area contributed by atoms with Crippen LogP contribution >= 0.6 is 0 Å². The second-order valence-corrected chi connectivity index (χ2v) is 6.29. The number of hydrogen-bond donors (Lipinski definition) is 2. The fraction of sp³-hybridized carbons (Fsp3) is 0.200. The van der Waals surface area contributed by atoms with E-state index in [1.54, 1.807) is 43.5 Å². The van der Waals surface area contributed by atoms with Crippen LogP contribution in [0.4, 0.5) is 27.9 Å². The summed E-state index contributed by atoms with van der Waals surface area (Å²) in [7, 11) is 6.78. The molecule has 2 N–H and O–H groups in total. The highest BCUT2D eigenvalue weighted by molar-refractivity contribution is 5.84. The van der Waals surface area contributed by atoms with Crippen molar-refractivity contribution in [3.63, 3.8) is 0 Å². The largest absolute Gasteiger partial charge is 0.497 e. The van der Waals surface area contributed by atoms with Gasteiger partial charge in [-0.25, -0.2) is 9.82 Å². The number of nitrogens with one attached hydrogen (secondary N) is 2. The van der Waals surface area contributed by atoms with E-state index in [9.17, 15) is 4.39 Å². The molecule has 156 valence electrons. The third kappa shape index (κ3) is 5.31. The Morgan fingerprint density at radius 1 is 0.967 bits per heavy atom. The van der Waals surface area contributed by atoms with Crippen molar-refractivity contribution in [1.29, 1.82) is 0 Å². The zero-order valence-corrected chi connectivity index (χ0v) is 17.0. The van der Waals surface area contributed by atoms with Crippen molar-refractivity contribution in [2.75, 3.05) is 44.0 Å². The van der Waals surface area contributed by atoms with Crippen LogP contribution in [-0.4, -0.2) is 49.5 Å². The number of methoxy groups -OCH3 is 2. The van der Waals surface area contributed by atoms with Gasteiger partial charge in [-0.1, -0.05) is 0 Å². The maximum atomic E-state index is 13.1. The predicted octanol–water partition coefficient (Wildman–Crippen LogP) is 3.28. The molecule has 0 atom stereocenters. The van der Waals surface area contributed by atoms with Crippen molar-refractivity contribution < 1.29 is 13.9 Å². The van der Waals surface area contributed by atoms with Gasteiger partial charge in [0.2, 0.25) is 17.8 Å². The van der Waals surface area contributed by atoms with E-state index in [0.717, 1.165) is 5.56 Å². The average Bonchev–Trinajstić information content (AvgIpc) is 2.75. The van der Waals surface area contributed by atoms with Gasteiger partial charge in [0, 0.05) is 31.4 Å². The van der Waals surface area contributed by atoms with Crippen LogP contribution < -0.4 is 25.1 Å². The summed E-state index contributed by atoms with van der Waals surface area (Å²) in [5.74, 6) is 1.93. The fourth-order valence-corrected chi connectivity index (χ4v) is 2.42. The van der Waals surface area contributed by atoms with Crippen molar-refractivity contribution in [1.82, 2.24) is 15.0 Å². The third-order valence-electron chi connectivity index (χ3n) is 3.93. The van der Waals surface area contributed by atoms with E-state index >= 15 is 0 Å². The van der Waals surface area contributed by atoms with Crippen LogP contribution in [0.5, 0.6) is 11.5 Å². The van der Waals surface area contributed by atoms with E-state index in [1.807, 2.05) is 26.2 Å². The van der Waals surface area contributed by atoms with Gasteiger partial charge in [-0.3, -0.25) is 0 Å². The molecule has 0 bridgehead atoms. The molecule has 0 aliphatic carbocycles. The van der Waals surface area contributed by atoms with Gasteiger partial charge in [0.05, 0.1) is 20.4 Å². The van der Waals surface area contributed by atoms with E-state index in [2.05, 4.69) is 30.8 Å². The highest BCUT2D eigenvalue weighted by Crippen LogP contribution is 2.23. The lowest BCUT2D eigenvalue weighted by Gasteiger charge is -2.13. The van der Waals surface area contributed by atoms with E-state index in [-0.39, 0.29) is 11.8 Å². The second-order valence-electron chi connectivity index (χ2n) is 6.29. The van der Waals surface area contributed by atoms with E-state index in [1.165, 1.54) is 12.1 Å². The summed E-state index contributed by atoms with van der Waals surface area (Å²) in [4.78, 5) is 14.7. The van der Waals surface area contributed by atoms with Crippen molar-refractivity contribution in [2.45, 2.75) is 0 Å². The van der Waals surface area contributed by atoms with Crippen molar-refractivity contribution in [2.24, 2.45) is 5.10 Å². The zero-order chi connectivity index (χ0) is 21.5. The first kappa shape index (κ1) is 20.8. The maximum absolute atomic E-state index is 13.1. The Morgan fingerprint density at radius 2 is 1.70 bits per heavy atom. The smallest absolute Gasteiger partial charge is 0.250 e. The Labute approximate surface area is 173 Å². The lowest BCUT2D eigenvalue weighted by atomic mass is 10.2. The SMILES string of the molecule is COc1ccc(C=NNc2nc(Nc3ccc(F)cc3)nc(N(C)C)n2)c(OC)c1. The highest BCUT2D eigenvalue weighted by Gasteiger charge is 2.09. The van der Waals surface area contributed by atoms with Crippen LogP contribution in [-0.2, 0) is 0 Å². The van der Waals surface area contributed by atoms with Crippen molar-refractivity contribution in [3.8, 4) is 11.5 Å². The summed E-state index contributed by atoms with van der Waals surface area (Å²) in [6.07, 6.45) is 1.59. The van der Waals surface area contributed by atoms with Gasteiger partial charge in [0.1, 0.15) is 17.3 Å². The summed E-state index contributed by atoms with van der Waals surface area (Å²) in [5, 5.41) is 7.22. The minimum atomic E-state index is -0.323. The molecule has 0 saturated heterocycles. The summed E-state index contributed by atoms with van der Waals surface area (Å²) < 4.78 is 23.7. The van der Waals surface area contributed by atoms with Crippen LogP contribution in [0.2, 0.25) is 0 Å². The van der Waals surface area contributed by atoms with Crippen LogP contribution in [0, 0.1) is 5.82 Å². The quantitative estimate of drug-likeness (QED) is 0.431. The number of rotatable bonds is 8. The Balaban J connectivity index is 1.80. The molecule has 0 spiro atoms. The lowest BCUT2D eigenvalue weighted by Crippen LogP contribution is -2.15. The lowest BCUT2D eigenvalue weighted by molar-refractivity contribution is 0.394. The monoisotopic (exact) mass is 411 g/mol. The molecule has 0 radical (unpaired) electrons. The molecule has 0 saturated carbocycles. The summed E-state index contributed by atoms with van der Waals surface area (Å²) in [6.45, 7) is 0. The number of nitrogens with zero attached hydrogens (tertiary/aromatic N) is 5. The van der Waals surface area contributed by atoms with Gasteiger partial charge in [-0.05, 0) is 36.4 Å². The molecular weight excluding hydrogens is 389 g/mol. The minimum absolute atomic E-state index is 0.238. The number of benzene rings is 2. The number of hydrazone groups is 1. The first-order valence-corrected chi connectivity index (χ1v) is 8.95. The zero-order valence-electron chi connectivity index (χ0n) is 17.0. The first-order chi connectivity index (χ1) is 14.5. The molecule has 2 aromatic carbocycles. The van der Waals surface area contributed by atoms with Crippen LogP contribution in [0.15, 0.2) is 47.6 Å². The number of hydrogen-bond acceptors (Lipinski definition) is 9. The molecule has 3 rings (SSSR count). The van der Waals surface area contributed by atoms with Gasteiger partial charge in [-0.2, -0.15) is 20.1 Å². The minimum Gasteiger partial charge on any atom is -0.497 e. The molecule has 30 heavy (non-hydrogen) atoms. The molecule has 0 aliphatic rings. The number of halogens is 1. The van der Waals surface area contributed by atoms with Gasteiger partial charge in [0.25, 0.3) is 0 Å². The first-order valence-electron chi connectivity index (χ1n) is 8.95. The standard InChI is InChI=1S/C20H22FN7O2/c1-28(2)20-25-18(23-15-8-6-14(21)7-9-15)24-19(26-20)27-22-12-13-5-10-16(29-3)11-17(13)30-4/h5-12H,1-4H3,(H2,23,24,25,26,27). The Kier molecular flexibility index (Phi) is 6.58. The molecule has 3 aromatic rings. The van der Waals surface area contributed by atoms with Crippen molar-refractivity contribution >= 4 is 29.7 Å². The van der Waals surface area contributed by atoms with Gasteiger partial charge in [-0.15, -0.1) is 0 Å². The highest BCUT2D eigenvalue weighted by atomic mass is 19.1. The summed E-state index contributed by atoms with van der Waals surface area (Å²) in [6, 6.07) is 11.3. The molecule has 10 heteroatoms. The molecule has 0 fully saturated rings. The topological polar surface area (TPSA) is 96.8 Å². The van der Waals surface area contributed by atoms with E-state index in [4.69, 9.17) is 9.47 Å². The average molecular weight is 411 g/mol. The molecular formula is C20H22FN7O2. The van der Waals surface area contributed by atoms with Gasteiger partial charge >= 0.3 is 0 Å². The second kappa shape index (κ2) is 9.50. The number of aromatic nitrogens is 3. The summed E-state index contributed by atoms with van der Waals surface area (Å²) >= 11 is 0. The molecule has 0 amide bonds. The molecule has 1 aromatic heterocycles. The fourth-order valence-electron chi connectivity index (χ4n) is 2.42. The Hall–Kier alpha value is -3.95. The number of anilines is 4. The van der Waals surface area contributed by atoms with Gasteiger partial charge in [0.15, 0.2) is 0 Å². The van der Waals surface area contributed by atoms with E-state index in [0.29, 0.717) is 29.1 Å². The number of ether oxygens (including phenoxy) is 2. The molecule has 1 heterocycles.